The van der Waals surface area contributed by atoms with Crippen LogP contribution in [0.3, 0.4) is 0 Å². The molecule has 9 nitrogen and oxygen atoms in total. The smallest absolute Gasteiger partial charge is 0.202 e. The molecule has 1 heterocycles. The van der Waals surface area contributed by atoms with Crippen LogP contribution < -0.4 is 10.8 Å². The number of aliphatic imine (C=N–C) groups is 1. The van der Waals surface area contributed by atoms with Crippen LogP contribution in [0.15, 0.2) is 41.0 Å². The number of hydroxylamine groups is 1. The number of amidine groups is 1. The summed E-state index contributed by atoms with van der Waals surface area (Å²) in [6.07, 6.45) is 1.99. The number of nitrogens with one attached hydrogen (secondary N) is 2. The molecule has 2 aromatic rings. The maximum atomic E-state index is 13.3. The number of benzene rings is 1. The normalized spacial score (nSPS) is 12.0. The molecule has 0 saturated heterocycles. The van der Waals surface area contributed by atoms with Gasteiger partial charge >= 0.3 is 0 Å². The number of anilines is 1. The molecule has 0 bridgehead atoms. The van der Waals surface area contributed by atoms with E-state index in [1.807, 2.05) is 11.7 Å². The van der Waals surface area contributed by atoms with Gasteiger partial charge in [0.15, 0.2) is 11.5 Å². The maximum Gasteiger partial charge on any atom is 0.202 e. The number of rotatable bonds is 6. The molecule has 0 aliphatic rings. The van der Waals surface area contributed by atoms with Crippen LogP contribution in [0.2, 0.25) is 0 Å². The van der Waals surface area contributed by atoms with E-state index in [2.05, 4.69) is 45.3 Å². The molecule has 1 aromatic heterocycles. The molecule has 0 unspecified atom stereocenters. The highest BCUT2D eigenvalue weighted by molar-refractivity contribution is 9.10. The number of hydrogen-bond donors (Lipinski definition) is 3. The van der Waals surface area contributed by atoms with Gasteiger partial charge in [-0.05, 0) is 44.4 Å². The molecule has 1 aromatic carbocycles. The van der Waals surface area contributed by atoms with Crippen molar-refractivity contribution in [3.8, 4) is 0 Å². The lowest BCUT2D eigenvalue weighted by atomic mass is 10.3. The van der Waals surface area contributed by atoms with Gasteiger partial charge in [-0.3, -0.25) is 19.4 Å². The second-order valence-corrected chi connectivity index (χ2v) is 9.10. The third-order valence-corrected chi connectivity index (χ3v) is 6.69. The van der Waals surface area contributed by atoms with Gasteiger partial charge in [0.2, 0.25) is 5.82 Å². The Morgan fingerprint density at radius 3 is 2.69 bits per heavy atom. The van der Waals surface area contributed by atoms with Crippen molar-refractivity contribution in [2.75, 3.05) is 38.0 Å². The zero-order valence-electron chi connectivity index (χ0n) is 14.4. The second kappa shape index (κ2) is 9.05. The van der Waals surface area contributed by atoms with Crippen molar-refractivity contribution in [3.05, 3.63) is 34.2 Å². The van der Waals surface area contributed by atoms with Crippen molar-refractivity contribution in [1.82, 2.24) is 15.8 Å². The van der Waals surface area contributed by atoms with Gasteiger partial charge in [0.1, 0.15) is 5.82 Å². The van der Waals surface area contributed by atoms with E-state index in [1.54, 1.807) is 14.1 Å². The van der Waals surface area contributed by atoms with Crippen LogP contribution >= 0.6 is 15.9 Å². The highest BCUT2D eigenvalue weighted by Gasteiger charge is 2.16. The topological polar surface area (TPSA) is 120 Å². The summed E-state index contributed by atoms with van der Waals surface area (Å²) in [5.41, 5.74) is 2.55. The van der Waals surface area contributed by atoms with Gasteiger partial charge in [-0.15, -0.1) is 0 Å². The van der Waals surface area contributed by atoms with Gasteiger partial charge in [-0.25, -0.2) is 14.0 Å². The third-order valence-electron chi connectivity index (χ3n) is 3.53. The Kier molecular flexibility index (Phi) is 7.06. The summed E-state index contributed by atoms with van der Waals surface area (Å²) in [6, 6.07) is 4.18. The monoisotopic (exact) mass is 447 g/mol. The number of hydrogen-bond acceptors (Lipinski definition) is 8. The standard InChI is InChI=1S/C14H19BrFN7O2S/c1-17-26(3,18-2)7-6-19-13-12(22-25-23-13)14(21-24)20-9-4-5-11(16)10(15)8-9/h4-5,8,24H,6-7H2,1-3H3,(H,19,23)(H,20,21). The predicted octanol–water partition coefficient (Wildman–Crippen LogP) is 2.85. The molecule has 0 saturated carbocycles. The van der Waals surface area contributed by atoms with Crippen molar-refractivity contribution in [1.29, 1.82) is 0 Å². The second-order valence-electron chi connectivity index (χ2n) is 5.12. The molecule has 0 amide bonds. The van der Waals surface area contributed by atoms with E-state index in [0.717, 1.165) is 0 Å². The lowest BCUT2D eigenvalue weighted by molar-refractivity contribution is 0.234. The van der Waals surface area contributed by atoms with Gasteiger partial charge in [0.05, 0.1) is 10.2 Å². The lowest BCUT2D eigenvalue weighted by Crippen LogP contribution is -2.23. The zero-order chi connectivity index (χ0) is 19.2. The molecule has 0 spiro atoms. The molecule has 0 aliphatic heterocycles. The van der Waals surface area contributed by atoms with Crippen LogP contribution in [-0.4, -0.2) is 54.0 Å². The first-order valence-corrected chi connectivity index (χ1v) is 10.3. The quantitative estimate of drug-likeness (QED) is 0.355. The molecule has 26 heavy (non-hydrogen) atoms. The zero-order valence-corrected chi connectivity index (χ0v) is 16.8. The minimum absolute atomic E-state index is 0.00252. The summed E-state index contributed by atoms with van der Waals surface area (Å²) in [5.74, 6) is 0.597. The minimum Gasteiger partial charge on any atom is -0.364 e. The first-order chi connectivity index (χ1) is 12.4. The summed E-state index contributed by atoms with van der Waals surface area (Å²) in [7, 11) is 2.09. The van der Waals surface area contributed by atoms with Gasteiger partial charge in [-0.1, -0.05) is 9.62 Å². The average molecular weight is 448 g/mol. The highest BCUT2D eigenvalue weighted by atomic mass is 79.9. The molecule has 3 N–H and O–H groups in total. The molecule has 0 fully saturated rings. The maximum absolute atomic E-state index is 13.3. The van der Waals surface area contributed by atoms with Crippen molar-refractivity contribution < 1.29 is 14.2 Å². The van der Waals surface area contributed by atoms with Gasteiger partial charge < -0.3 is 5.32 Å². The van der Waals surface area contributed by atoms with Gasteiger partial charge in [-0.2, -0.15) is 0 Å². The lowest BCUT2D eigenvalue weighted by Gasteiger charge is -2.09. The van der Waals surface area contributed by atoms with Crippen molar-refractivity contribution in [2.45, 2.75) is 0 Å². The molecule has 142 valence electrons. The van der Waals surface area contributed by atoms with Crippen molar-refractivity contribution >= 4 is 42.9 Å². The van der Waals surface area contributed by atoms with Gasteiger partial charge in [0, 0.05) is 32.6 Å². The van der Waals surface area contributed by atoms with Crippen LogP contribution in [0, 0.1) is 5.82 Å². The summed E-state index contributed by atoms with van der Waals surface area (Å²) < 4.78 is 26.9. The van der Waals surface area contributed by atoms with Crippen molar-refractivity contribution in [3.63, 3.8) is 0 Å². The fraction of sp³-hybridized carbons (Fsp3) is 0.357. The van der Waals surface area contributed by atoms with E-state index >= 15 is 0 Å². The Balaban J connectivity index is 2.21. The molecule has 0 atom stereocenters. The molecular formula is C14H19BrFN7O2S. The van der Waals surface area contributed by atoms with Crippen LogP contribution in [0.4, 0.5) is 15.9 Å². The Labute approximate surface area is 159 Å². The van der Waals surface area contributed by atoms with E-state index in [1.165, 1.54) is 18.2 Å². The van der Waals surface area contributed by atoms with E-state index < -0.39 is 15.4 Å². The number of aromatic nitrogens is 2. The average Bonchev–Trinajstić information content (AvgIpc) is 3.10. The fourth-order valence-electron chi connectivity index (χ4n) is 1.90. The summed E-state index contributed by atoms with van der Waals surface area (Å²) in [6.45, 7) is 0.530. The summed E-state index contributed by atoms with van der Waals surface area (Å²) in [5, 5.41) is 20.0. The van der Waals surface area contributed by atoms with Crippen LogP contribution in [0.1, 0.15) is 5.69 Å². The fourth-order valence-corrected chi connectivity index (χ4v) is 3.29. The highest BCUT2D eigenvalue weighted by Crippen LogP contribution is 2.23. The Morgan fingerprint density at radius 2 is 2.08 bits per heavy atom. The Hall–Kier alpha value is -2.05. The van der Waals surface area contributed by atoms with Crippen LogP contribution in [0.5, 0.6) is 0 Å². The molecule has 2 rings (SSSR count). The van der Waals surface area contributed by atoms with E-state index in [-0.39, 0.29) is 16.0 Å². The molecular weight excluding hydrogens is 429 g/mol. The molecule has 12 heteroatoms. The van der Waals surface area contributed by atoms with E-state index in [4.69, 9.17) is 4.63 Å². The van der Waals surface area contributed by atoms with E-state index in [9.17, 15) is 9.60 Å². The number of halogens is 2. The SMILES string of the molecule is CN=S(C)(CCNc1nonc1C(=Nc1ccc(F)c(Br)c1)NO)=NC. The van der Waals surface area contributed by atoms with E-state index in [0.29, 0.717) is 23.8 Å². The molecule has 0 radical (unpaired) electrons. The van der Waals surface area contributed by atoms with Crippen LogP contribution in [0.25, 0.3) is 0 Å². The number of nitrogens with zero attached hydrogens (tertiary/aromatic N) is 5. The van der Waals surface area contributed by atoms with Crippen LogP contribution in [-0.2, 0) is 9.62 Å². The first kappa shape index (κ1) is 20.3. The largest absolute Gasteiger partial charge is 0.364 e. The summed E-state index contributed by atoms with van der Waals surface area (Å²) in [4.78, 5) is 4.20. The Morgan fingerprint density at radius 1 is 1.35 bits per heavy atom. The first-order valence-electron chi connectivity index (χ1n) is 7.41. The predicted molar refractivity (Wildman–Crippen MR) is 103 cm³/mol. The Bertz CT molecular complexity index is 908. The van der Waals surface area contributed by atoms with Crippen molar-refractivity contribution in [2.24, 2.45) is 13.7 Å². The van der Waals surface area contributed by atoms with Gasteiger partial charge in [0.25, 0.3) is 0 Å². The third kappa shape index (κ3) is 4.99. The summed E-state index contributed by atoms with van der Waals surface area (Å²) >= 11 is 3.09. The minimum atomic E-state index is -1.39. The molecule has 0 aliphatic carbocycles.